The predicted molar refractivity (Wildman–Crippen MR) is 131 cm³/mol. The van der Waals surface area contributed by atoms with Crippen LogP contribution in [0.15, 0.2) is 30.3 Å². The molecule has 0 radical (unpaired) electrons. The van der Waals surface area contributed by atoms with Crippen LogP contribution < -0.4 is 10.2 Å². The third-order valence-corrected chi connectivity index (χ3v) is 8.11. The molecule has 2 amide bonds. The molecule has 3 aliphatic heterocycles. The number of aliphatic carboxylic acids is 1. The Morgan fingerprint density at radius 2 is 1.69 bits per heavy atom. The fraction of sp³-hybridized carbons (Fsp3) is 0.348. The minimum atomic E-state index is -3.27. The van der Waals surface area contributed by atoms with Crippen LogP contribution in [0.1, 0.15) is 12.0 Å². The van der Waals surface area contributed by atoms with Crippen LogP contribution in [0.2, 0.25) is 20.1 Å². The number of anilines is 2. The molecule has 1 spiro atoms. The molecule has 2 aromatic carbocycles. The number of hydrogen-bond acceptors (Lipinski definition) is 4. The molecule has 3 heterocycles. The number of fused-ring (bicyclic) bond motifs is 4. The van der Waals surface area contributed by atoms with Crippen LogP contribution in [0.5, 0.6) is 0 Å². The van der Waals surface area contributed by atoms with Crippen molar-refractivity contribution in [2.75, 3.05) is 23.8 Å². The molecule has 4 unspecified atom stereocenters. The van der Waals surface area contributed by atoms with E-state index in [1.807, 2.05) is 0 Å². The van der Waals surface area contributed by atoms with Crippen molar-refractivity contribution in [3.8, 4) is 0 Å². The molecular weight excluding hydrogens is 562 g/mol. The molecule has 2 aromatic rings. The number of carboxylic acid groups (broad SMARTS) is 1. The van der Waals surface area contributed by atoms with E-state index in [-0.39, 0.29) is 37.0 Å². The van der Waals surface area contributed by atoms with Crippen LogP contribution >= 0.6 is 46.4 Å². The molecule has 2 saturated heterocycles. The van der Waals surface area contributed by atoms with E-state index < -0.39 is 60.1 Å². The highest BCUT2D eigenvalue weighted by Gasteiger charge is 2.74. The van der Waals surface area contributed by atoms with Crippen molar-refractivity contribution in [1.29, 1.82) is 0 Å². The lowest BCUT2D eigenvalue weighted by Crippen LogP contribution is -2.54. The van der Waals surface area contributed by atoms with Gasteiger partial charge in [-0.15, -0.1) is 0 Å². The number of nitrogens with one attached hydrogen (secondary N) is 1. The van der Waals surface area contributed by atoms with E-state index in [1.165, 1.54) is 37.4 Å². The van der Waals surface area contributed by atoms with Gasteiger partial charge >= 0.3 is 5.97 Å². The molecule has 0 aliphatic carbocycles. The summed E-state index contributed by atoms with van der Waals surface area (Å²) in [6.07, 6.45) is -0.810. The first-order valence-electron chi connectivity index (χ1n) is 10.7. The number of carbonyl (C=O) groups is 3. The normalized spacial score (nSPS) is 28.2. The molecule has 0 bridgehead atoms. The second kappa shape index (κ2) is 8.43. The molecule has 5 rings (SSSR count). The first-order valence-corrected chi connectivity index (χ1v) is 12.2. The third-order valence-electron chi connectivity index (χ3n) is 7.15. The second-order valence-electron chi connectivity index (χ2n) is 9.15. The molecule has 190 valence electrons. The van der Waals surface area contributed by atoms with Crippen LogP contribution in [0.4, 0.5) is 20.2 Å². The number of nitrogens with zero attached hydrogens (tertiary/aromatic N) is 2. The zero-order valence-corrected chi connectivity index (χ0v) is 21.4. The summed E-state index contributed by atoms with van der Waals surface area (Å²) >= 11 is 24.6. The van der Waals surface area contributed by atoms with Gasteiger partial charge in [0.05, 0.1) is 23.2 Å². The van der Waals surface area contributed by atoms with Crippen LogP contribution in [0.25, 0.3) is 0 Å². The van der Waals surface area contributed by atoms with E-state index in [9.17, 15) is 28.3 Å². The Balaban J connectivity index is 1.71. The Labute approximate surface area is 223 Å². The van der Waals surface area contributed by atoms with Crippen molar-refractivity contribution >= 4 is 75.6 Å². The van der Waals surface area contributed by atoms with Gasteiger partial charge in [0.2, 0.25) is 5.91 Å². The summed E-state index contributed by atoms with van der Waals surface area (Å²) in [6.45, 7) is -0.922. The van der Waals surface area contributed by atoms with Gasteiger partial charge in [-0.2, -0.15) is 0 Å². The van der Waals surface area contributed by atoms with Crippen molar-refractivity contribution < 1.29 is 28.3 Å². The molecule has 2 fully saturated rings. The maximum atomic E-state index is 14.8. The lowest BCUT2D eigenvalue weighted by molar-refractivity contribution is -0.153. The summed E-state index contributed by atoms with van der Waals surface area (Å²) in [7, 11) is 1.36. The van der Waals surface area contributed by atoms with Crippen molar-refractivity contribution in [2.24, 2.45) is 11.8 Å². The Hall–Kier alpha value is -2.17. The number of carbonyl (C=O) groups excluding carboxylic acids is 2. The Morgan fingerprint density at radius 3 is 2.31 bits per heavy atom. The predicted octanol–water partition coefficient (Wildman–Crippen LogP) is 5.15. The smallest absolute Gasteiger partial charge is 0.310 e. The van der Waals surface area contributed by atoms with E-state index >= 15 is 0 Å². The molecule has 13 heteroatoms. The third kappa shape index (κ3) is 3.59. The number of halogens is 6. The number of alkyl halides is 2. The van der Waals surface area contributed by atoms with Gasteiger partial charge in [0.25, 0.3) is 11.8 Å². The van der Waals surface area contributed by atoms with Gasteiger partial charge in [-0.25, -0.2) is 8.78 Å². The monoisotopic (exact) mass is 577 g/mol. The molecule has 7 nitrogen and oxygen atoms in total. The minimum Gasteiger partial charge on any atom is -0.481 e. The molecule has 36 heavy (non-hydrogen) atoms. The molecule has 0 aromatic heterocycles. The Bertz CT molecular complexity index is 1320. The number of rotatable bonds is 3. The van der Waals surface area contributed by atoms with E-state index in [1.54, 1.807) is 0 Å². The van der Waals surface area contributed by atoms with Crippen molar-refractivity contribution in [1.82, 2.24) is 4.90 Å². The summed E-state index contributed by atoms with van der Waals surface area (Å²) in [5.74, 6) is -9.65. The summed E-state index contributed by atoms with van der Waals surface area (Å²) in [5.41, 5.74) is -1.77. The average molecular weight is 579 g/mol. The van der Waals surface area contributed by atoms with Crippen LogP contribution in [-0.4, -0.2) is 53.3 Å². The van der Waals surface area contributed by atoms with Crippen molar-refractivity contribution in [2.45, 2.75) is 23.9 Å². The fourth-order valence-electron chi connectivity index (χ4n) is 5.86. The van der Waals surface area contributed by atoms with Crippen LogP contribution in [0, 0.1) is 11.8 Å². The quantitative estimate of drug-likeness (QED) is 0.526. The van der Waals surface area contributed by atoms with Gasteiger partial charge in [0.1, 0.15) is 11.5 Å². The minimum absolute atomic E-state index is 0.0230. The number of hydrogen-bond donors (Lipinski definition) is 2. The van der Waals surface area contributed by atoms with E-state index in [0.29, 0.717) is 0 Å². The molecule has 4 atom stereocenters. The lowest BCUT2D eigenvalue weighted by Gasteiger charge is -2.36. The maximum Gasteiger partial charge on any atom is 0.310 e. The maximum absolute atomic E-state index is 14.8. The zero-order chi connectivity index (χ0) is 26.3. The molecule has 0 saturated carbocycles. The van der Waals surface area contributed by atoms with Crippen molar-refractivity contribution in [3.05, 3.63) is 56.0 Å². The Morgan fingerprint density at radius 1 is 1.08 bits per heavy atom. The van der Waals surface area contributed by atoms with Gasteiger partial charge in [0, 0.05) is 45.8 Å². The standard InChI is InChI=1S/C23H17Cl4F2N3O4/c1-31(12-3-9(24)2-10(25)4-12)19(33)16-15-7-22(28,29)8-32(15)23(17(16)20(34)35)13-5-11(26)6-14(27)18(13)30-21(23)36/h2-6,15-17H,7-8H2,1H3,(H,30,36)(H,34,35). The molecule has 3 aliphatic rings. The Kier molecular flexibility index (Phi) is 5.96. The van der Waals surface area contributed by atoms with Gasteiger partial charge in [-0.05, 0) is 30.3 Å². The zero-order valence-electron chi connectivity index (χ0n) is 18.4. The average Bonchev–Trinajstić information content (AvgIpc) is 3.33. The van der Waals surface area contributed by atoms with Gasteiger partial charge < -0.3 is 15.3 Å². The summed E-state index contributed by atoms with van der Waals surface area (Å²) in [5, 5.41) is 13.5. The summed E-state index contributed by atoms with van der Waals surface area (Å²) < 4.78 is 29.7. The van der Waals surface area contributed by atoms with E-state index in [4.69, 9.17) is 46.4 Å². The highest BCUT2D eigenvalue weighted by molar-refractivity contribution is 6.38. The topological polar surface area (TPSA) is 90.0 Å². The highest BCUT2D eigenvalue weighted by atomic mass is 35.5. The highest BCUT2D eigenvalue weighted by Crippen LogP contribution is 2.61. The SMILES string of the molecule is CN(C(=O)C1C2CC(F)(F)CN2C2(C(=O)Nc3c(Cl)cc(Cl)cc32)C1C(=O)O)c1cc(Cl)cc(Cl)c1. The lowest BCUT2D eigenvalue weighted by atomic mass is 9.73. The van der Waals surface area contributed by atoms with Crippen molar-refractivity contribution in [3.63, 3.8) is 0 Å². The second-order valence-corrected chi connectivity index (χ2v) is 10.9. The first-order chi connectivity index (χ1) is 16.8. The van der Waals surface area contributed by atoms with Gasteiger partial charge in [-0.3, -0.25) is 19.3 Å². The van der Waals surface area contributed by atoms with Gasteiger partial charge in [0.15, 0.2) is 0 Å². The molecule has 2 N–H and O–H groups in total. The number of amides is 2. The first kappa shape index (κ1) is 25.5. The molecular formula is C23H17Cl4F2N3O4. The van der Waals surface area contributed by atoms with Gasteiger partial charge in [-0.1, -0.05) is 46.4 Å². The van der Waals surface area contributed by atoms with E-state index in [2.05, 4.69) is 5.32 Å². The number of carboxylic acids is 1. The largest absolute Gasteiger partial charge is 0.481 e. The van der Waals surface area contributed by atoms with Crippen LogP contribution in [0.3, 0.4) is 0 Å². The van der Waals surface area contributed by atoms with E-state index in [0.717, 1.165) is 9.80 Å². The number of benzene rings is 2. The summed E-state index contributed by atoms with van der Waals surface area (Å²) in [6, 6.07) is 5.73. The van der Waals surface area contributed by atoms with Crippen LogP contribution in [-0.2, 0) is 19.9 Å². The fourth-order valence-corrected chi connectivity index (χ4v) is 6.92. The summed E-state index contributed by atoms with van der Waals surface area (Å²) in [4.78, 5) is 42.4.